The van der Waals surface area contributed by atoms with Crippen LogP contribution in [-0.4, -0.2) is 21.9 Å². The summed E-state index contributed by atoms with van der Waals surface area (Å²) in [7, 11) is 0. The largest absolute Gasteiger partial charge is 0.397 e. The number of nitrogens with two attached hydrogens (primary N) is 1. The van der Waals surface area contributed by atoms with Gasteiger partial charge in [-0.3, -0.25) is 15.2 Å². The van der Waals surface area contributed by atoms with Crippen LogP contribution in [0.1, 0.15) is 10.5 Å². The van der Waals surface area contributed by atoms with E-state index >= 15 is 0 Å². The molecule has 5 N–H and O–H groups in total. The second-order valence-electron chi connectivity index (χ2n) is 3.71. The normalized spacial score (nSPS) is 9.60. The van der Waals surface area contributed by atoms with Gasteiger partial charge in [0.15, 0.2) is 0 Å². The van der Waals surface area contributed by atoms with Crippen LogP contribution in [0.25, 0.3) is 0 Å². The quantitative estimate of drug-likeness (QED) is 0.469. The number of urea groups is 1. The number of amides is 3. The number of nitrogens with zero attached hydrogens (tertiary/aromatic N) is 2. The highest BCUT2D eigenvalue weighted by Gasteiger charge is 2.09. The minimum absolute atomic E-state index is 0.0898. The third kappa shape index (κ3) is 3.42. The zero-order chi connectivity index (χ0) is 14.4. The number of anilines is 2. The summed E-state index contributed by atoms with van der Waals surface area (Å²) < 4.78 is 0. The molecule has 0 unspecified atom stereocenters. The monoisotopic (exact) mass is 272 g/mol. The van der Waals surface area contributed by atoms with Gasteiger partial charge < -0.3 is 11.1 Å². The van der Waals surface area contributed by atoms with Gasteiger partial charge in [0.1, 0.15) is 5.69 Å². The molecule has 8 nitrogen and oxygen atoms in total. The van der Waals surface area contributed by atoms with Gasteiger partial charge in [0, 0.05) is 12.4 Å². The SMILES string of the molecule is Nc1ccccc1NC(=O)NNC(=O)c1cnccn1. The van der Waals surface area contributed by atoms with Crippen molar-refractivity contribution in [1.82, 2.24) is 20.8 Å². The van der Waals surface area contributed by atoms with Crippen molar-refractivity contribution in [3.8, 4) is 0 Å². The van der Waals surface area contributed by atoms with E-state index in [9.17, 15) is 9.59 Å². The van der Waals surface area contributed by atoms with Crippen LogP contribution in [0.15, 0.2) is 42.9 Å². The summed E-state index contributed by atoms with van der Waals surface area (Å²) in [5.41, 5.74) is 11.0. The minimum atomic E-state index is -0.625. The van der Waals surface area contributed by atoms with Crippen molar-refractivity contribution in [3.05, 3.63) is 48.5 Å². The van der Waals surface area contributed by atoms with E-state index in [1.807, 2.05) is 0 Å². The summed E-state index contributed by atoms with van der Waals surface area (Å²) >= 11 is 0. The number of aromatic nitrogens is 2. The number of para-hydroxylation sites is 2. The lowest BCUT2D eigenvalue weighted by molar-refractivity contribution is 0.0932. The molecule has 102 valence electrons. The average Bonchev–Trinajstić information content (AvgIpc) is 2.48. The summed E-state index contributed by atoms with van der Waals surface area (Å²) in [4.78, 5) is 30.7. The summed E-state index contributed by atoms with van der Waals surface area (Å²) in [6, 6.07) is 6.13. The Balaban J connectivity index is 1.87. The van der Waals surface area contributed by atoms with Crippen LogP contribution in [0.5, 0.6) is 0 Å². The van der Waals surface area contributed by atoms with Gasteiger partial charge in [-0.25, -0.2) is 15.2 Å². The van der Waals surface area contributed by atoms with Crippen molar-refractivity contribution >= 4 is 23.3 Å². The fourth-order valence-electron chi connectivity index (χ4n) is 1.36. The van der Waals surface area contributed by atoms with Gasteiger partial charge in [-0.05, 0) is 12.1 Å². The topological polar surface area (TPSA) is 122 Å². The van der Waals surface area contributed by atoms with Crippen molar-refractivity contribution in [3.63, 3.8) is 0 Å². The molecule has 0 bridgehead atoms. The summed E-state index contributed by atoms with van der Waals surface area (Å²) in [5, 5.41) is 2.49. The smallest absolute Gasteiger partial charge is 0.337 e. The van der Waals surface area contributed by atoms with Crippen LogP contribution >= 0.6 is 0 Å². The Kier molecular flexibility index (Phi) is 4.07. The molecule has 0 saturated heterocycles. The number of hydrazine groups is 1. The Morgan fingerprint density at radius 3 is 2.60 bits per heavy atom. The van der Waals surface area contributed by atoms with E-state index in [2.05, 4.69) is 26.1 Å². The summed E-state index contributed by atoms with van der Waals surface area (Å²) in [5.74, 6) is -0.575. The third-order valence-corrected chi connectivity index (χ3v) is 2.29. The highest BCUT2D eigenvalue weighted by Crippen LogP contribution is 2.15. The molecule has 0 fully saturated rings. The first kappa shape index (κ1) is 13.3. The van der Waals surface area contributed by atoms with E-state index in [0.29, 0.717) is 11.4 Å². The number of hydrogen-bond acceptors (Lipinski definition) is 5. The molecular weight excluding hydrogens is 260 g/mol. The number of nitrogen functional groups attached to an aromatic ring is 1. The maximum Gasteiger partial charge on any atom is 0.337 e. The Hall–Kier alpha value is -3.16. The Morgan fingerprint density at radius 2 is 1.90 bits per heavy atom. The fourth-order valence-corrected chi connectivity index (χ4v) is 1.36. The molecule has 8 heteroatoms. The predicted molar refractivity (Wildman–Crippen MR) is 72.5 cm³/mol. The number of carbonyl (C=O) groups is 2. The first-order valence-corrected chi connectivity index (χ1v) is 5.64. The lowest BCUT2D eigenvalue weighted by Crippen LogP contribution is -2.44. The molecule has 0 spiro atoms. The number of carbonyl (C=O) groups excluding carboxylic acids is 2. The predicted octanol–water partition coefficient (Wildman–Crippen LogP) is 0.525. The van der Waals surface area contributed by atoms with Crippen molar-refractivity contribution in [2.45, 2.75) is 0 Å². The molecule has 0 atom stereocenters. The van der Waals surface area contributed by atoms with Gasteiger partial charge in [0.05, 0.1) is 17.6 Å². The molecule has 3 amide bonds. The van der Waals surface area contributed by atoms with Crippen LogP contribution in [0.4, 0.5) is 16.2 Å². The van der Waals surface area contributed by atoms with Crippen molar-refractivity contribution in [2.75, 3.05) is 11.1 Å². The summed E-state index contributed by atoms with van der Waals surface area (Å²) in [6.07, 6.45) is 4.10. The molecule has 1 heterocycles. The second-order valence-corrected chi connectivity index (χ2v) is 3.71. The first-order chi connectivity index (χ1) is 9.66. The van der Waals surface area contributed by atoms with E-state index in [1.54, 1.807) is 24.3 Å². The standard InChI is InChI=1S/C12H12N6O2/c13-8-3-1-2-4-9(8)16-12(20)18-17-11(19)10-7-14-5-6-15-10/h1-7H,13H2,(H,17,19)(H2,16,18,20). The zero-order valence-corrected chi connectivity index (χ0v) is 10.3. The molecule has 2 rings (SSSR count). The van der Waals surface area contributed by atoms with Crippen molar-refractivity contribution in [2.24, 2.45) is 0 Å². The third-order valence-electron chi connectivity index (χ3n) is 2.29. The van der Waals surface area contributed by atoms with Crippen LogP contribution in [0.2, 0.25) is 0 Å². The van der Waals surface area contributed by atoms with Crippen molar-refractivity contribution in [1.29, 1.82) is 0 Å². The molecule has 0 aliphatic heterocycles. The number of hydrogen-bond donors (Lipinski definition) is 4. The highest BCUT2D eigenvalue weighted by molar-refractivity contribution is 5.96. The number of benzene rings is 1. The Labute approximate surface area is 114 Å². The van der Waals surface area contributed by atoms with E-state index in [4.69, 9.17) is 5.73 Å². The van der Waals surface area contributed by atoms with Crippen LogP contribution in [-0.2, 0) is 0 Å². The van der Waals surface area contributed by atoms with E-state index in [0.717, 1.165) is 0 Å². The fraction of sp³-hybridized carbons (Fsp3) is 0. The lowest BCUT2D eigenvalue weighted by atomic mass is 10.3. The van der Waals surface area contributed by atoms with Gasteiger partial charge >= 0.3 is 6.03 Å². The van der Waals surface area contributed by atoms with E-state index in [1.165, 1.54) is 18.6 Å². The van der Waals surface area contributed by atoms with Gasteiger partial charge in [-0.15, -0.1) is 0 Å². The lowest BCUT2D eigenvalue weighted by Gasteiger charge is -2.09. The molecule has 1 aromatic heterocycles. The van der Waals surface area contributed by atoms with Crippen molar-refractivity contribution < 1.29 is 9.59 Å². The molecule has 20 heavy (non-hydrogen) atoms. The van der Waals surface area contributed by atoms with Gasteiger partial charge in [-0.1, -0.05) is 12.1 Å². The molecule has 1 aromatic carbocycles. The maximum absolute atomic E-state index is 11.6. The van der Waals surface area contributed by atoms with Crippen LogP contribution < -0.4 is 21.9 Å². The molecule has 0 radical (unpaired) electrons. The number of nitrogens with one attached hydrogen (secondary N) is 3. The molecule has 0 saturated carbocycles. The van der Waals surface area contributed by atoms with E-state index in [-0.39, 0.29) is 5.69 Å². The number of rotatable bonds is 2. The summed E-state index contributed by atoms with van der Waals surface area (Å²) in [6.45, 7) is 0. The maximum atomic E-state index is 11.6. The second kappa shape index (κ2) is 6.14. The zero-order valence-electron chi connectivity index (χ0n) is 10.3. The molecule has 0 aliphatic rings. The Bertz CT molecular complexity index is 616. The minimum Gasteiger partial charge on any atom is -0.397 e. The average molecular weight is 272 g/mol. The van der Waals surface area contributed by atoms with Gasteiger partial charge in [-0.2, -0.15) is 0 Å². The first-order valence-electron chi connectivity index (χ1n) is 5.64. The molecule has 0 aliphatic carbocycles. The van der Waals surface area contributed by atoms with Crippen LogP contribution in [0, 0.1) is 0 Å². The highest BCUT2D eigenvalue weighted by atomic mass is 16.2. The van der Waals surface area contributed by atoms with Gasteiger partial charge in [0.2, 0.25) is 0 Å². The molecule has 2 aromatic rings. The van der Waals surface area contributed by atoms with E-state index < -0.39 is 11.9 Å². The van der Waals surface area contributed by atoms with Gasteiger partial charge in [0.25, 0.3) is 5.91 Å². The van der Waals surface area contributed by atoms with Crippen LogP contribution in [0.3, 0.4) is 0 Å². The molecular formula is C12H12N6O2. The Morgan fingerprint density at radius 1 is 1.10 bits per heavy atom.